The molecule has 1 heterocycles. The van der Waals surface area contributed by atoms with Crippen LogP contribution in [0.4, 0.5) is 10.8 Å². The minimum Gasteiger partial charge on any atom is -0.508 e. The van der Waals surface area contributed by atoms with E-state index in [0.29, 0.717) is 11.5 Å². The number of anilines is 2. The molecule has 0 aliphatic carbocycles. The van der Waals surface area contributed by atoms with Gasteiger partial charge >= 0.3 is 0 Å². The van der Waals surface area contributed by atoms with Gasteiger partial charge in [0.05, 0.1) is 19.9 Å². The normalized spacial score (nSPS) is 10.3. The molecule has 0 saturated heterocycles. The Morgan fingerprint density at radius 2 is 1.87 bits per heavy atom. The summed E-state index contributed by atoms with van der Waals surface area (Å²) in [6, 6.07) is 12.6. The van der Waals surface area contributed by atoms with Crippen LogP contribution in [0.2, 0.25) is 0 Å². The van der Waals surface area contributed by atoms with Gasteiger partial charge in [-0.05, 0) is 30.3 Å². The summed E-state index contributed by atoms with van der Waals surface area (Å²) < 4.78 is 10.6. The molecule has 118 valence electrons. The van der Waals surface area contributed by atoms with Gasteiger partial charge in [0.2, 0.25) is 0 Å². The summed E-state index contributed by atoms with van der Waals surface area (Å²) >= 11 is 1.49. The highest BCUT2D eigenvalue weighted by molar-refractivity contribution is 7.14. The summed E-state index contributed by atoms with van der Waals surface area (Å²) in [5.74, 6) is 1.57. The van der Waals surface area contributed by atoms with Crippen molar-refractivity contribution >= 4 is 22.2 Å². The topological polar surface area (TPSA) is 63.6 Å². The molecule has 0 saturated carbocycles. The van der Waals surface area contributed by atoms with E-state index in [1.807, 2.05) is 29.6 Å². The van der Waals surface area contributed by atoms with Crippen molar-refractivity contribution in [3.63, 3.8) is 0 Å². The molecule has 0 aliphatic rings. The third-order valence-electron chi connectivity index (χ3n) is 3.28. The van der Waals surface area contributed by atoms with Crippen molar-refractivity contribution in [2.75, 3.05) is 19.5 Å². The number of aromatic hydroxyl groups is 1. The lowest BCUT2D eigenvalue weighted by Crippen LogP contribution is -1.91. The van der Waals surface area contributed by atoms with Crippen molar-refractivity contribution in [3.05, 3.63) is 47.8 Å². The Hall–Kier alpha value is -2.73. The first-order chi connectivity index (χ1) is 11.2. The number of hydrogen-bond donors (Lipinski definition) is 2. The molecule has 0 spiro atoms. The van der Waals surface area contributed by atoms with E-state index in [4.69, 9.17) is 9.47 Å². The minimum absolute atomic E-state index is 0.215. The van der Waals surface area contributed by atoms with E-state index in [9.17, 15) is 5.11 Å². The van der Waals surface area contributed by atoms with Gasteiger partial charge in [0.1, 0.15) is 5.75 Å². The Balaban J connectivity index is 1.84. The maximum absolute atomic E-state index is 9.50. The third-order valence-corrected chi connectivity index (χ3v) is 4.04. The van der Waals surface area contributed by atoms with Crippen LogP contribution < -0.4 is 14.8 Å². The number of phenolic OH excluding ortho intramolecular Hbond substituents is 1. The van der Waals surface area contributed by atoms with Crippen LogP contribution in [0.1, 0.15) is 0 Å². The van der Waals surface area contributed by atoms with Crippen LogP contribution in [0.15, 0.2) is 47.8 Å². The molecule has 2 aromatic carbocycles. The molecule has 6 heteroatoms. The van der Waals surface area contributed by atoms with Gasteiger partial charge in [0.25, 0.3) is 0 Å². The summed E-state index contributed by atoms with van der Waals surface area (Å²) in [7, 11) is 3.22. The molecule has 0 radical (unpaired) electrons. The van der Waals surface area contributed by atoms with Crippen LogP contribution in [0.3, 0.4) is 0 Å². The van der Waals surface area contributed by atoms with E-state index in [2.05, 4.69) is 10.3 Å². The van der Waals surface area contributed by atoms with E-state index < -0.39 is 0 Å². The molecule has 0 bridgehead atoms. The van der Waals surface area contributed by atoms with Crippen LogP contribution in [0.25, 0.3) is 11.3 Å². The average molecular weight is 328 g/mol. The number of ether oxygens (including phenoxy) is 2. The molecule has 5 nitrogen and oxygen atoms in total. The smallest absolute Gasteiger partial charge is 0.187 e. The molecule has 0 amide bonds. The van der Waals surface area contributed by atoms with Crippen LogP contribution in [0.5, 0.6) is 17.2 Å². The molecule has 2 N–H and O–H groups in total. The first kappa shape index (κ1) is 15.2. The van der Waals surface area contributed by atoms with Crippen LogP contribution in [-0.2, 0) is 0 Å². The predicted molar refractivity (Wildman–Crippen MR) is 92.0 cm³/mol. The standard InChI is InChI=1S/C17H16N2O3S/c1-21-15-7-6-11(8-16(15)22-2)14-10-23-17(19-14)18-12-4-3-5-13(20)9-12/h3-10,20H,1-2H3,(H,18,19). The number of methoxy groups -OCH3 is 2. The number of phenols is 1. The second-order valence-corrected chi connectivity index (χ2v) is 5.64. The molecule has 0 atom stereocenters. The Morgan fingerprint density at radius 3 is 2.61 bits per heavy atom. The molecule has 0 aliphatic heterocycles. The fourth-order valence-electron chi connectivity index (χ4n) is 2.17. The fourth-order valence-corrected chi connectivity index (χ4v) is 2.91. The number of thiazole rings is 1. The van der Waals surface area contributed by atoms with E-state index in [-0.39, 0.29) is 5.75 Å². The van der Waals surface area contributed by atoms with Crippen molar-refractivity contribution in [3.8, 4) is 28.5 Å². The van der Waals surface area contributed by atoms with Crippen LogP contribution in [-0.4, -0.2) is 24.3 Å². The van der Waals surface area contributed by atoms with Gasteiger partial charge in [-0.2, -0.15) is 0 Å². The van der Waals surface area contributed by atoms with Gasteiger partial charge in [0, 0.05) is 22.7 Å². The van der Waals surface area contributed by atoms with Gasteiger partial charge < -0.3 is 19.9 Å². The highest BCUT2D eigenvalue weighted by Crippen LogP contribution is 2.34. The fraction of sp³-hybridized carbons (Fsp3) is 0.118. The first-order valence-electron chi connectivity index (χ1n) is 6.93. The molecule has 3 rings (SSSR count). The molecular formula is C17H16N2O3S. The summed E-state index contributed by atoms with van der Waals surface area (Å²) in [5, 5.41) is 15.4. The van der Waals surface area contributed by atoms with Gasteiger partial charge in [-0.1, -0.05) is 6.07 Å². The second kappa shape index (κ2) is 6.58. The minimum atomic E-state index is 0.215. The molecular weight excluding hydrogens is 312 g/mol. The maximum Gasteiger partial charge on any atom is 0.187 e. The monoisotopic (exact) mass is 328 g/mol. The lowest BCUT2D eigenvalue weighted by atomic mass is 10.1. The van der Waals surface area contributed by atoms with Crippen molar-refractivity contribution < 1.29 is 14.6 Å². The Kier molecular flexibility index (Phi) is 4.34. The van der Waals surface area contributed by atoms with E-state index in [1.54, 1.807) is 32.4 Å². The largest absolute Gasteiger partial charge is 0.508 e. The van der Waals surface area contributed by atoms with E-state index >= 15 is 0 Å². The van der Waals surface area contributed by atoms with Gasteiger partial charge in [-0.15, -0.1) is 11.3 Å². The van der Waals surface area contributed by atoms with Gasteiger partial charge in [0.15, 0.2) is 16.6 Å². The zero-order valence-corrected chi connectivity index (χ0v) is 13.6. The average Bonchev–Trinajstić information content (AvgIpc) is 3.02. The molecule has 3 aromatic rings. The number of nitrogens with zero attached hydrogens (tertiary/aromatic N) is 1. The maximum atomic E-state index is 9.50. The molecule has 0 unspecified atom stereocenters. The predicted octanol–water partition coefficient (Wildman–Crippen LogP) is 4.28. The van der Waals surface area contributed by atoms with Gasteiger partial charge in [-0.3, -0.25) is 0 Å². The van der Waals surface area contributed by atoms with Crippen LogP contribution >= 0.6 is 11.3 Å². The molecule has 1 aromatic heterocycles. The van der Waals surface area contributed by atoms with Crippen molar-refractivity contribution in [2.24, 2.45) is 0 Å². The van der Waals surface area contributed by atoms with E-state index in [0.717, 1.165) is 22.1 Å². The van der Waals surface area contributed by atoms with Crippen LogP contribution in [0, 0.1) is 0 Å². The Labute approximate surface area is 138 Å². The van der Waals surface area contributed by atoms with Crippen molar-refractivity contribution in [2.45, 2.75) is 0 Å². The van der Waals surface area contributed by atoms with Crippen molar-refractivity contribution in [1.82, 2.24) is 4.98 Å². The quantitative estimate of drug-likeness (QED) is 0.732. The van der Waals surface area contributed by atoms with Crippen molar-refractivity contribution in [1.29, 1.82) is 0 Å². The number of nitrogens with one attached hydrogen (secondary N) is 1. The summed E-state index contributed by atoms with van der Waals surface area (Å²) in [6.45, 7) is 0. The summed E-state index contributed by atoms with van der Waals surface area (Å²) in [6.07, 6.45) is 0. The van der Waals surface area contributed by atoms with Gasteiger partial charge in [-0.25, -0.2) is 4.98 Å². The molecule has 0 fully saturated rings. The molecule has 23 heavy (non-hydrogen) atoms. The summed E-state index contributed by atoms with van der Waals surface area (Å²) in [4.78, 5) is 4.57. The lowest BCUT2D eigenvalue weighted by Gasteiger charge is -2.08. The highest BCUT2D eigenvalue weighted by Gasteiger charge is 2.09. The number of rotatable bonds is 5. The number of aromatic nitrogens is 1. The zero-order chi connectivity index (χ0) is 16.2. The van der Waals surface area contributed by atoms with E-state index in [1.165, 1.54) is 11.3 Å². The highest BCUT2D eigenvalue weighted by atomic mass is 32.1. The second-order valence-electron chi connectivity index (χ2n) is 4.78. The lowest BCUT2D eigenvalue weighted by molar-refractivity contribution is 0.355. The first-order valence-corrected chi connectivity index (χ1v) is 7.81. The third kappa shape index (κ3) is 3.37. The number of benzene rings is 2. The summed E-state index contributed by atoms with van der Waals surface area (Å²) in [5.41, 5.74) is 2.58. The SMILES string of the molecule is COc1ccc(-c2csc(Nc3cccc(O)c3)n2)cc1OC. The Morgan fingerprint density at radius 1 is 1.04 bits per heavy atom. The number of hydrogen-bond acceptors (Lipinski definition) is 6. The zero-order valence-electron chi connectivity index (χ0n) is 12.7. The Bertz CT molecular complexity index is 817.